The molecule has 1 aromatic heterocycles. The van der Waals surface area contributed by atoms with Gasteiger partial charge in [-0.3, -0.25) is 14.9 Å². The average Bonchev–Trinajstić information content (AvgIpc) is 3.33. The van der Waals surface area contributed by atoms with Crippen LogP contribution in [0.1, 0.15) is 41.6 Å². The summed E-state index contributed by atoms with van der Waals surface area (Å²) in [6, 6.07) is 15.1. The summed E-state index contributed by atoms with van der Waals surface area (Å²) in [5.74, 6) is 1.49. The van der Waals surface area contributed by atoms with Crippen molar-refractivity contribution in [3.63, 3.8) is 0 Å². The number of amides is 1. The standard InChI is InChI=1S/C24H25ClN4O4/c25-21-4-2-1-3-19(21)15-29-13-11-18(12-14-29)24-26-23(33-28-24)16-32-20-8-5-17(6-9-20)7-10-22(30)27-31/h1-10,18,31H,11-16H2,(H,27,30). The summed E-state index contributed by atoms with van der Waals surface area (Å²) in [7, 11) is 0. The maximum absolute atomic E-state index is 11.0. The van der Waals surface area contributed by atoms with E-state index < -0.39 is 5.91 Å². The lowest BCUT2D eigenvalue weighted by Crippen LogP contribution is -2.32. The monoisotopic (exact) mass is 468 g/mol. The van der Waals surface area contributed by atoms with E-state index in [-0.39, 0.29) is 12.5 Å². The normalized spacial score (nSPS) is 15.1. The van der Waals surface area contributed by atoms with Crippen LogP contribution in [-0.2, 0) is 17.9 Å². The molecule has 1 aliphatic heterocycles. The summed E-state index contributed by atoms with van der Waals surface area (Å²) >= 11 is 6.29. The van der Waals surface area contributed by atoms with Crippen LogP contribution >= 0.6 is 11.6 Å². The van der Waals surface area contributed by atoms with Crippen molar-refractivity contribution in [1.82, 2.24) is 20.5 Å². The first kappa shape index (κ1) is 23.0. The number of likely N-dealkylation sites (tertiary alicyclic amines) is 1. The smallest absolute Gasteiger partial charge is 0.267 e. The minimum atomic E-state index is -0.589. The van der Waals surface area contributed by atoms with Gasteiger partial charge in [0.15, 0.2) is 12.4 Å². The minimum absolute atomic E-state index is 0.181. The summed E-state index contributed by atoms with van der Waals surface area (Å²) in [6.45, 7) is 2.94. The van der Waals surface area contributed by atoms with Gasteiger partial charge in [-0.25, -0.2) is 5.48 Å². The van der Waals surface area contributed by atoms with Gasteiger partial charge in [-0.1, -0.05) is 47.1 Å². The van der Waals surface area contributed by atoms with Crippen LogP contribution in [0.5, 0.6) is 5.75 Å². The van der Waals surface area contributed by atoms with E-state index in [1.54, 1.807) is 35.8 Å². The van der Waals surface area contributed by atoms with E-state index in [2.05, 4.69) is 21.1 Å². The van der Waals surface area contributed by atoms with Crippen LogP contribution in [-0.4, -0.2) is 39.2 Å². The van der Waals surface area contributed by atoms with Crippen molar-refractivity contribution in [3.8, 4) is 5.75 Å². The summed E-state index contributed by atoms with van der Waals surface area (Å²) in [5.41, 5.74) is 3.49. The number of nitrogens with zero attached hydrogens (tertiary/aromatic N) is 3. The summed E-state index contributed by atoms with van der Waals surface area (Å²) in [5, 5.41) is 13.5. The Morgan fingerprint density at radius 1 is 1.21 bits per heavy atom. The highest BCUT2D eigenvalue weighted by Gasteiger charge is 2.25. The summed E-state index contributed by atoms with van der Waals surface area (Å²) in [4.78, 5) is 18.0. The molecule has 1 aliphatic rings. The van der Waals surface area contributed by atoms with E-state index in [9.17, 15) is 4.79 Å². The number of rotatable bonds is 8. The van der Waals surface area contributed by atoms with Crippen LogP contribution in [0, 0.1) is 0 Å². The molecular weight excluding hydrogens is 444 g/mol. The molecule has 0 spiro atoms. The van der Waals surface area contributed by atoms with E-state index in [4.69, 9.17) is 26.1 Å². The topological polar surface area (TPSA) is 101 Å². The SMILES string of the molecule is O=C(C=Cc1ccc(OCc2nc(C3CCN(Cc4ccccc4Cl)CC3)no2)cc1)NO. The van der Waals surface area contributed by atoms with E-state index in [0.29, 0.717) is 11.6 Å². The van der Waals surface area contributed by atoms with Crippen molar-refractivity contribution in [2.45, 2.75) is 31.9 Å². The van der Waals surface area contributed by atoms with Crippen molar-refractivity contribution in [2.75, 3.05) is 13.1 Å². The lowest BCUT2D eigenvalue weighted by Gasteiger charge is -2.30. The quantitative estimate of drug-likeness (QED) is 0.290. The molecular formula is C24H25ClN4O4. The molecule has 0 bridgehead atoms. The second-order valence-electron chi connectivity index (χ2n) is 7.86. The Morgan fingerprint density at radius 2 is 1.97 bits per heavy atom. The molecule has 2 N–H and O–H groups in total. The molecule has 8 nitrogen and oxygen atoms in total. The zero-order chi connectivity index (χ0) is 23.0. The van der Waals surface area contributed by atoms with Gasteiger partial charge in [0.05, 0.1) is 0 Å². The zero-order valence-electron chi connectivity index (χ0n) is 18.0. The highest BCUT2D eigenvalue weighted by Crippen LogP contribution is 2.28. The number of benzene rings is 2. The number of carbonyl (C=O) groups is 1. The zero-order valence-corrected chi connectivity index (χ0v) is 18.7. The maximum atomic E-state index is 11.0. The fourth-order valence-corrected chi connectivity index (χ4v) is 3.93. The highest BCUT2D eigenvalue weighted by atomic mass is 35.5. The van der Waals surface area contributed by atoms with Crippen LogP contribution in [0.25, 0.3) is 6.08 Å². The predicted octanol–water partition coefficient (Wildman–Crippen LogP) is 4.20. The minimum Gasteiger partial charge on any atom is -0.484 e. The van der Waals surface area contributed by atoms with Crippen LogP contribution in [0.4, 0.5) is 0 Å². The molecule has 2 heterocycles. The Hall–Kier alpha value is -3.20. The van der Waals surface area contributed by atoms with Gasteiger partial charge in [0, 0.05) is 23.6 Å². The van der Waals surface area contributed by atoms with Gasteiger partial charge in [0.2, 0.25) is 0 Å². The first-order valence-electron chi connectivity index (χ1n) is 10.7. The Labute approximate surface area is 196 Å². The first-order chi connectivity index (χ1) is 16.1. The van der Waals surface area contributed by atoms with E-state index in [1.807, 2.05) is 18.2 Å². The van der Waals surface area contributed by atoms with Crippen molar-refractivity contribution >= 4 is 23.6 Å². The van der Waals surface area contributed by atoms with E-state index in [1.165, 1.54) is 6.08 Å². The number of piperidine rings is 1. The summed E-state index contributed by atoms with van der Waals surface area (Å²) in [6.07, 6.45) is 4.75. The van der Waals surface area contributed by atoms with Crippen LogP contribution < -0.4 is 10.2 Å². The van der Waals surface area contributed by atoms with Crippen LogP contribution in [0.15, 0.2) is 59.1 Å². The van der Waals surface area contributed by atoms with Gasteiger partial charge in [-0.05, 0) is 61.3 Å². The van der Waals surface area contributed by atoms with Gasteiger partial charge in [0.25, 0.3) is 11.8 Å². The number of carbonyl (C=O) groups excluding carboxylic acids is 1. The molecule has 2 aromatic carbocycles. The fourth-order valence-electron chi connectivity index (χ4n) is 3.74. The molecule has 9 heteroatoms. The second-order valence-corrected chi connectivity index (χ2v) is 8.26. The molecule has 0 saturated carbocycles. The molecule has 1 saturated heterocycles. The molecule has 0 radical (unpaired) electrons. The third-order valence-electron chi connectivity index (χ3n) is 5.57. The Morgan fingerprint density at radius 3 is 2.70 bits per heavy atom. The first-order valence-corrected chi connectivity index (χ1v) is 11.1. The molecule has 3 aromatic rings. The maximum Gasteiger partial charge on any atom is 0.267 e. The number of hydroxylamine groups is 1. The van der Waals surface area contributed by atoms with Gasteiger partial charge < -0.3 is 9.26 Å². The number of aromatic nitrogens is 2. The lowest BCUT2D eigenvalue weighted by molar-refractivity contribution is -0.124. The van der Waals surface area contributed by atoms with Crippen molar-refractivity contribution in [1.29, 1.82) is 0 Å². The van der Waals surface area contributed by atoms with Crippen molar-refractivity contribution in [3.05, 3.63) is 82.5 Å². The lowest BCUT2D eigenvalue weighted by atomic mass is 9.96. The Kier molecular flexibility index (Phi) is 7.72. The predicted molar refractivity (Wildman–Crippen MR) is 123 cm³/mol. The van der Waals surface area contributed by atoms with E-state index >= 15 is 0 Å². The van der Waals surface area contributed by atoms with Crippen molar-refractivity contribution < 1.29 is 19.3 Å². The number of ether oxygens (including phenoxy) is 1. The second kappa shape index (κ2) is 11.1. The number of halogens is 1. The third kappa shape index (κ3) is 6.41. The highest BCUT2D eigenvalue weighted by molar-refractivity contribution is 6.31. The fraction of sp³-hybridized carbons (Fsp3) is 0.292. The van der Waals surface area contributed by atoms with Gasteiger partial charge >= 0.3 is 0 Å². The Bertz CT molecular complexity index is 1090. The van der Waals surface area contributed by atoms with Crippen LogP contribution in [0.3, 0.4) is 0 Å². The molecule has 0 atom stereocenters. The molecule has 1 fully saturated rings. The molecule has 4 rings (SSSR count). The van der Waals surface area contributed by atoms with Crippen LogP contribution in [0.2, 0.25) is 5.02 Å². The molecule has 33 heavy (non-hydrogen) atoms. The summed E-state index contributed by atoms with van der Waals surface area (Å²) < 4.78 is 11.1. The van der Waals surface area contributed by atoms with Gasteiger partial charge in [0.1, 0.15) is 5.75 Å². The van der Waals surface area contributed by atoms with Gasteiger partial charge in [-0.2, -0.15) is 4.98 Å². The molecule has 172 valence electrons. The number of hydrogen-bond acceptors (Lipinski definition) is 7. The molecule has 1 amide bonds. The van der Waals surface area contributed by atoms with Gasteiger partial charge in [-0.15, -0.1) is 0 Å². The number of nitrogens with one attached hydrogen (secondary N) is 1. The molecule has 0 unspecified atom stereocenters. The van der Waals surface area contributed by atoms with Crippen molar-refractivity contribution in [2.24, 2.45) is 0 Å². The average molecular weight is 469 g/mol. The third-order valence-corrected chi connectivity index (χ3v) is 5.94. The number of hydrogen-bond donors (Lipinski definition) is 2. The Balaban J connectivity index is 1.24. The van der Waals surface area contributed by atoms with E-state index in [0.717, 1.165) is 54.4 Å². The molecule has 0 aliphatic carbocycles. The largest absolute Gasteiger partial charge is 0.484 e.